The Bertz CT molecular complexity index is 384. The molecule has 0 aliphatic carbocycles. The number of rotatable bonds is 7. The molecule has 0 spiro atoms. The average molecular weight is 282 g/mol. The lowest BCUT2D eigenvalue weighted by Gasteiger charge is -2.20. The molecule has 1 unspecified atom stereocenters. The molecular weight excluding hydrogens is 260 g/mol. The van der Waals surface area contributed by atoms with E-state index in [1.165, 1.54) is 11.8 Å². The molecule has 1 aromatic carbocycles. The van der Waals surface area contributed by atoms with E-state index in [0.29, 0.717) is 18.8 Å². The van der Waals surface area contributed by atoms with Crippen molar-refractivity contribution in [1.29, 1.82) is 0 Å². The third-order valence-electron chi connectivity index (χ3n) is 2.48. The molecule has 19 heavy (non-hydrogen) atoms. The first-order chi connectivity index (χ1) is 8.88. The fraction of sp³-hybridized carbons (Fsp3) is 0.533. The first-order valence-corrected chi connectivity index (χ1v) is 7.45. The molecule has 0 heterocycles. The van der Waals surface area contributed by atoms with Crippen molar-refractivity contribution in [1.82, 2.24) is 0 Å². The van der Waals surface area contributed by atoms with Gasteiger partial charge in [0.1, 0.15) is 5.25 Å². The fourth-order valence-corrected chi connectivity index (χ4v) is 2.50. The van der Waals surface area contributed by atoms with Gasteiger partial charge < -0.3 is 9.84 Å². The molecule has 0 aliphatic heterocycles. The summed E-state index contributed by atoms with van der Waals surface area (Å²) < 4.78 is 5.60. The van der Waals surface area contributed by atoms with Crippen LogP contribution in [-0.4, -0.2) is 34.3 Å². The van der Waals surface area contributed by atoms with E-state index in [0.717, 1.165) is 5.56 Å². The molecule has 0 saturated carbocycles. The highest BCUT2D eigenvalue weighted by Crippen LogP contribution is 2.18. The lowest BCUT2D eigenvalue weighted by Crippen LogP contribution is -2.23. The summed E-state index contributed by atoms with van der Waals surface area (Å²) in [6, 6.07) is 9.72. The number of hydrogen-bond acceptors (Lipinski definition) is 3. The van der Waals surface area contributed by atoms with Crippen LogP contribution in [0.3, 0.4) is 0 Å². The van der Waals surface area contributed by atoms with E-state index in [9.17, 15) is 9.90 Å². The Hall–Kier alpha value is -1.00. The van der Waals surface area contributed by atoms with Crippen LogP contribution in [0.15, 0.2) is 30.3 Å². The van der Waals surface area contributed by atoms with E-state index in [1.54, 1.807) is 0 Å². The summed E-state index contributed by atoms with van der Waals surface area (Å²) in [7, 11) is 0. The molecule has 0 fully saturated rings. The van der Waals surface area contributed by atoms with Crippen molar-refractivity contribution >= 4 is 17.7 Å². The molecular formula is C15H22O3S. The predicted octanol–water partition coefficient (Wildman–Crippen LogP) is 3.23. The van der Waals surface area contributed by atoms with Crippen molar-refractivity contribution in [2.45, 2.75) is 38.0 Å². The van der Waals surface area contributed by atoms with Crippen molar-refractivity contribution in [3.8, 4) is 0 Å². The van der Waals surface area contributed by atoms with Gasteiger partial charge in [-0.15, -0.1) is 11.8 Å². The van der Waals surface area contributed by atoms with E-state index >= 15 is 0 Å². The molecule has 0 amide bonds. The Labute approximate surface area is 119 Å². The molecule has 3 nitrogen and oxygen atoms in total. The van der Waals surface area contributed by atoms with E-state index < -0.39 is 11.2 Å². The van der Waals surface area contributed by atoms with Gasteiger partial charge in [-0.2, -0.15) is 0 Å². The molecule has 1 atom stereocenters. The summed E-state index contributed by atoms with van der Waals surface area (Å²) in [6.45, 7) is 6.57. The summed E-state index contributed by atoms with van der Waals surface area (Å²) in [5, 5.41) is 8.82. The number of ether oxygens (including phenoxy) is 1. The zero-order chi connectivity index (χ0) is 14.3. The monoisotopic (exact) mass is 282 g/mol. The van der Waals surface area contributed by atoms with Crippen LogP contribution in [0.2, 0.25) is 0 Å². The zero-order valence-corrected chi connectivity index (χ0v) is 12.6. The van der Waals surface area contributed by atoms with Crippen LogP contribution in [0.1, 0.15) is 26.3 Å². The summed E-state index contributed by atoms with van der Waals surface area (Å²) in [4.78, 5) is 11.2. The van der Waals surface area contributed by atoms with Crippen LogP contribution in [0, 0.1) is 0 Å². The van der Waals surface area contributed by atoms with E-state index in [1.807, 2.05) is 51.1 Å². The van der Waals surface area contributed by atoms with E-state index in [-0.39, 0.29) is 5.60 Å². The molecule has 0 saturated heterocycles. The second-order valence-corrected chi connectivity index (χ2v) is 6.66. The maximum absolute atomic E-state index is 11.2. The fourth-order valence-electron chi connectivity index (χ4n) is 1.58. The number of carboxylic acids is 1. The normalized spacial score (nSPS) is 13.2. The second kappa shape index (κ2) is 7.56. The van der Waals surface area contributed by atoms with Gasteiger partial charge in [0.25, 0.3) is 0 Å². The number of thioether (sulfide) groups is 1. The van der Waals surface area contributed by atoms with Gasteiger partial charge in [0.15, 0.2) is 0 Å². The van der Waals surface area contributed by atoms with E-state index in [4.69, 9.17) is 4.74 Å². The standard InChI is InChI=1S/C15H22O3S/c1-15(2,3)18-9-10-19-13(14(16)17)11-12-7-5-4-6-8-12/h4-8,13H,9-11H2,1-3H3,(H,16,17). The molecule has 106 valence electrons. The largest absolute Gasteiger partial charge is 0.480 e. The van der Waals surface area contributed by atoms with Crippen molar-refractivity contribution in [3.63, 3.8) is 0 Å². The van der Waals surface area contributed by atoms with Crippen molar-refractivity contribution in [2.75, 3.05) is 12.4 Å². The van der Waals surface area contributed by atoms with Gasteiger partial charge in [0, 0.05) is 5.75 Å². The van der Waals surface area contributed by atoms with Crippen LogP contribution in [0.5, 0.6) is 0 Å². The quantitative estimate of drug-likeness (QED) is 0.780. The molecule has 0 radical (unpaired) electrons. The molecule has 0 aromatic heterocycles. The third kappa shape index (κ3) is 7.23. The van der Waals surface area contributed by atoms with Crippen LogP contribution < -0.4 is 0 Å². The van der Waals surface area contributed by atoms with Gasteiger partial charge in [-0.1, -0.05) is 30.3 Å². The predicted molar refractivity (Wildman–Crippen MR) is 79.7 cm³/mol. The Morgan fingerprint density at radius 2 is 1.95 bits per heavy atom. The van der Waals surface area contributed by atoms with Crippen LogP contribution in [-0.2, 0) is 16.0 Å². The minimum atomic E-state index is -0.760. The van der Waals surface area contributed by atoms with Crippen LogP contribution >= 0.6 is 11.8 Å². The number of carbonyl (C=O) groups is 1. The van der Waals surface area contributed by atoms with Crippen molar-refractivity contribution in [2.24, 2.45) is 0 Å². The summed E-state index contributed by atoms with van der Waals surface area (Å²) in [5.74, 6) is -0.0641. The Balaban J connectivity index is 2.40. The van der Waals surface area contributed by atoms with Gasteiger partial charge >= 0.3 is 5.97 Å². The lowest BCUT2D eigenvalue weighted by molar-refractivity contribution is -0.136. The van der Waals surface area contributed by atoms with Crippen LogP contribution in [0.25, 0.3) is 0 Å². The summed E-state index contributed by atoms with van der Waals surface area (Å²) in [6.07, 6.45) is 0.552. The maximum Gasteiger partial charge on any atom is 0.316 e. The van der Waals surface area contributed by atoms with Crippen molar-refractivity contribution < 1.29 is 14.6 Å². The minimum Gasteiger partial charge on any atom is -0.480 e. The number of hydrogen-bond donors (Lipinski definition) is 1. The summed E-state index contributed by atoms with van der Waals surface area (Å²) in [5.41, 5.74) is 0.887. The Morgan fingerprint density at radius 1 is 1.32 bits per heavy atom. The van der Waals surface area contributed by atoms with Gasteiger partial charge in [0.05, 0.1) is 12.2 Å². The first-order valence-electron chi connectivity index (χ1n) is 6.41. The number of benzene rings is 1. The molecule has 4 heteroatoms. The molecule has 0 aliphatic rings. The molecule has 1 rings (SSSR count). The zero-order valence-electron chi connectivity index (χ0n) is 11.8. The minimum absolute atomic E-state index is 0.168. The second-order valence-electron chi connectivity index (χ2n) is 5.35. The van der Waals surface area contributed by atoms with Gasteiger partial charge in [-0.25, -0.2) is 0 Å². The van der Waals surface area contributed by atoms with E-state index in [2.05, 4.69) is 0 Å². The van der Waals surface area contributed by atoms with Gasteiger partial charge in [-0.05, 0) is 32.8 Å². The number of aliphatic carboxylic acids is 1. The summed E-state index contributed by atoms with van der Waals surface area (Å²) >= 11 is 1.44. The van der Waals surface area contributed by atoms with Crippen LogP contribution in [0.4, 0.5) is 0 Å². The SMILES string of the molecule is CC(C)(C)OCCSC(Cc1ccccc1)C(=O)O. The smallest absolute Gasteiger partial charge is 0.316 e. The van der Waals surface area contributed by atoms with Gasteiger partial charge in [0.2, 0.25) is 0 Å². The highest BCUT2D eigenvalue weighted by Gasteiger charge is 2.19. The Kier molecular flexibility index (Phi) is 6.38. The number of carboxylic acid groups (broad SMARTS) is 1. The highest BCUT2D eigenvalue weighted by molar-refractivity contribution is 8.00. The Morgan fingerprint density at radius 3 is 2.47 bits per heavy atom. The third-order valence-corrected chi connectivity index (χ3v) is 3.65. The topological polar surface area (TPSA) is 46.5 Å². The highest BCUT2D eigenvalue weighted by atomic mass is 32.2. The average Bonchev–Trinajstić information content (AvgIpc) is 2.33. The van der Waals surface area contributed by atoms with Crippen molar-refractivity contribution in [3.05, 3.63) is 35.9 Å². The lowest BCUT2D eigenvalue weighted by atomic mass is 10.1. The molecule has 1 aromatic rings. The molecule has 1 N–H and O–H groups in total. The van der Waals surface area contributed by atoms with Gasteiger partial charge in [-0.3, -0.25) is 4.79 Å². The first kappa shape index (κ1) is 16.1. The molecule has 0 bridgehead atoms. The maximum atomic E-state index is 11.2.